The third kappa shape index (κ3) is 6.00. The molecule has 7 heteroatoms. The predicted octanol–water partition coefficient (Wildman–Crippen LogP) is 0.976. The van der Waals surface area contributed by atoms with Gasteiger partial charge in [-0.3, -0.25) is 9.63 Å². The molecule has 2 saturated heterocycles. The summed E-state index contributed by atoms with van der Waals surface area (Å²) in [7, 11) is 2.67. The first kappa shape index (κ1) is 15.9. The summed E-state index contributed by atoms with van der Waals surface area (Å²) in [6.45, 7) is 2.86. The molecule has 7 nitrogen and oxygen atoms in total. The van der Waals surface area contributed by atoms with Gasteiger partial charge in [0.25, 0.3) is 0 Å². The molecule has 0 unspecified atom stereocenters. The van der Waals surface area contributed by atoms with E-state index in [4.69, 9.17) is 9.47 Å². The lowest BCUT2D eigenvalue weighted by atomic mass is 10.1. The van der Waals surface area contributed by atoms with Crippen molar-refractivity contribution in [1.82, 2.24) is 5.06 Å². The van der Waals surface area contributed by atoms with Gasteiger partial charge >= 0.3 is 12.1 Å². The van der Waals surface area contributed by atoms with Gasteiger partial charge < -0.3 is 14.2 Å². The van der Waals surface area contributed by atoms with Gasteiger partial charge in [0.15, 0.2) is 0 Å². The zero-order valence-electron chi connectivity index (χ0n) is 11.4. The Bertz CT molecular complexity index is 278. The van der Waals surface area contributed by atoms with Gasteiger partial charge in [-0.15, -0.1) is 0 Å². The Morgan fingerprint density at radius 3 is 2.26 bits per heavy atom. The molecule has 110 valence electrons. The molecule has 2 aliphatic rings. The molecule has 0 bridgehead atoms. The van der Waals surface area contributed by atoms with Crippen LogP contribution < -0.4 is 0 Å². The molecule has 2 rings (SSSR count). The van der Waals surface area contributed by atoms with Crippen molar-refractivity contribution in [3.8, 4) is 0 Å². The number of carbonyl (C=O) groups excluding carboxylic acids is 2. The van der Waals surface area contributed by atoms with Crippen LogP contribution in [0.4, 0.5) is 4.79 Å². The SMILES string of the molecule is C1CCOC1.CON(C)C(=O)OC(=O)[C@@H]1CCOC1. The van der Waals surface area contributed by atoms with E-state index in [0.29, 0.717) is 19.6 Å². The number of nitrogens with zero attached hydrogens (tertiary/aromatic N) is 1. The van der Waals surface area contributed by atoms with Crippen LogP contribution in [0.2, 0.25) is 0 Å². The predicted molar refractivity (Wildman–Crippen MR) is 65.2 cm³/mol. The second-order valence-corrected chi connectivity index (χ2v) is 4.25. The van der Waals surface area contributed by atoms with Crippen molar-refractivity contribution in [2.45, 2.75) is 19.3 Å². The van der Waals surface area contributed by atoms with Crippen molar-refractivity contribution in [1.29, 1.82) is 0 Å². The first-order valence-electron chi connectivity index (χ1n) is 6.34. The van der Waals surface area contributed by atoms with Crippen LogP contribution in [0.1, 0.15) is 19.3 Å². The first-order valence-corrected chi connectivity index (χ1v) is 6.34. The molecule has 2 fully saturated rings. The standard InChI is InChI=1S/C8H13NO5.C4H8O/c1-9(12-2)8(11)14-7(10)6-3-4-13-5-6;1-2-4-5-3-1/h6H,3-5H2,1-2H3;1-4H2/t6-;/m1./s1. The van der Waals surface area contributed by atoms with Gasteiger partial charge in [0, 0.05) is 26.9 Å². The topological polar surface area (TPSA) is 74.3 Å². The number of hydroxylamine groups is 2. The van der Waals surface area contributed by atoms with Crippen LogP contribution in [0.5, 0.6) is 0 Å². The van der Waals surface area contributed by atoms with E-state index in [1.807, 2.05) is 0 Å². The molecule has 0 radical (unpaired) electrons. The third-order valence-electron chi connectivity index (χ3n) is 2.81. The summed E-state index contributed by atoms with van der Waals surface area (Å²) in [5, 5.41) is 0.841. The largest absolute Gasteiger partial charge is 0.441 e. The maximum absolute atomic E-state index is 11.3. The van der Waals surface area contributed by atoms with Crippen molar-refractivity contribution >= 4 is 12.1 Å². The molecule has 0 spiro atoms. The Morgan fingerprint density at radius 1 is 1.16 bits per heavy atom. The van der Waals surface area contributed by atoms with E-state index in [2.05, 4.69) is 9.57 Å². The first-order chi connectivity index (χ1) is 9.15. The summed E-state index contributed by atoms with van der Waals surface area (Å²) < 4.78 is 14.5. The highest BCUT2D eigenvalue weighted by Gasteiger charge is 2.27. The Balaban J connectivity index is 0.000000300. The highest BCUT2D eigenvalue weighted by atomic mass is 16.7. The van der Waals surface area contributed by atoms with Gasteiger partial charge in [-0.2, -0.15) is 5.06 Å². The molecule has 0 saturated carbocycles. The van der Waals surface area contributed by atoms with E-state index in [9.17, 15) is 9.59 Å². The number of carbonyl (C=O) groups is 2. The maximum atomic E-state index is 11.3. The van der Waals surface area contributed by atoms with E-state index in [1.54, 1.807) is 0 Å². The fraction of sp³-hybridized carbons (Fsp3) is 0.833. The van der Waals surface area contributed by atoms with E-state index in [-0.39, 0.29) is 5.92 Å². The Morgan fingerprint density at radius 2 is 1.84 bits per heavy atom. The summed E-state index contributed by atoms with van der Waals surface area (Å²) in [4.78, 5) is 26.9. The van der Waals surface area contributed by atoms with Gasteiger partial charge in [0.1, 0.15) is 0 Å². The minimum Gasteiger partial charge on any atom is -0.381 e. The molecule has 0 aromatic heterocycles. The number of esters is 1. The van der Waals surface area contributed by atoms with E-state index in [1.165, 1.54) is 27.0 Å². The maximum Gasteiger partial charge on any atom is 0.441 e. The van der Waals surface area contributed by atoms with E-state index >= 15 is 0 Å². The Labute approximate surface area is 112 Å². The minimum atomic E-state index is -0.815. The van der Waals surface area contributed by atoms with Crippen LogP contribution in [-0.2, 0) is 23.8 Å². The van der Waals surface area contributed by atoms with Crippen LogP contribution >= 0.6 is 0 Å². The second-order valence-electron chi connectivity index (χ2n) is 4.25. The Kier molecular flexibility index (Phi) is 7.39. The van der Waals surface area contributed by atoms with Crippen molar-refractivity contribution in [3.63, 3.8) is 0 Å². The van der Waals surface area contributed by atoms with Gasteiger partial charge in [0.05, 0.1) is 19.6 Å². The summed E-state index contributed by atoms with van der Waals surface area (Å²) in [5.41, 5.74) is 0. The molecular formula is C12H21NO6. The highest BCUT2D eigenvalue weighted by Crippen LogP contribution is 2.14. The van der Waals surface area contributed by atoms with Gasteiger partial charge in [-0.1, -0.05) is 0 Å². The monoisotopic (exact) mass is 275 g/mol. The molecule has 0 aromatic rings. The second kappa shape index (κ2) is 8.84. The zero-order chi connectivity index (χ0) is 14.1. The summed E-state index contributed by atoms with van der Waals surface area (Å²) >= 11 is 0. The number of ether oxygens (including phenoxy) is 3. The third-order valence-corrected chi connectivity index (χ3v) is 2.81. The lowest BCUT2D eigenvalue weighted by Gasteiger charge is -2.13. The fourth-order valence-electron chi connectivity index (χ4n) is 1.54. The average molecular weight is 275 g/mol. The smallest absolute Gasteiger partial charge is 0.381 e. The number of rotatable bonds is 2. The lowest BCUT2D eigenvalue weighted by molar-refractivity contribution is -0.149. The molecule has 2 heterocycles. The van der Waals surface area contributed by atoms with Crippen LogP contribution in [0, 0.1) is 5.92 Å². The molecule has 1 atom stereocenters. The van der Waals surface area contributed by atoms with E-state index in [0.717, 1.165) is 18.3 Å². The lowest BCUT2D eigenvalue weighted by Crippen LogP contribution is -2.31. The van der Waals surface area contributed by atoms with Crippen LogP contribution in [0.25, 0.3) is 0 Å². The Hall–Kier alpha value is -1.18. The summed E-state index contributed by atoms with van der Waals surface area (Å²) in [6.07, 6.45) is 2.34. The van der Waals surface area contributed by atoms with Gasteiger partial charge in [-0.05, 0) is 19.3 Å². The molecule has 2 aliphatic heterocycles. The zero-order valence-corrected chi connectivity index (χ0v) is 11.4. The van der Waals surface area contributed by atoms with Crippen molar-refractivity contribution in [2.24, 2.45) is 5.92 Å². The fourth-order valence-corrected chi connectivity index (χ4v) is 1.54. The van der Waals surface area contributed by atoms with Gasteiger partial charge in [0.2, 0.25) is 0 Å². The molecule has 0 aromatic carbocycles. The average Bonchev–Trinajstić information content (AvgIpc) is 3.11. The highest BCUT2D eigenvalue weighted by molar-refractivity contribution is 5.85. The molecular weight excluding hydrogens is 254 g/mol. The van der Waals surface area contributed by atoms with Crippen LogP contribution in [0.3, 0.4) is 0 Å². The van der Waals surface area contributed by atoms with Crippen molar-refractivity contribution in [3.05, 3.63) is 0 Å². The van der Waals surface area contributed by atoms with Crippen molar-refractivity contribution in [2.75, 3.05) is 40.6 Å². The van der Waals surface area contributed by atoms with Crippen LogP contribution in [0.15, 0.2) is 0 Å². The van der Waals surface area contributed by atoms with Gasteiger partial charge in [-0.25, -0.2) is 4.79 Å². The quantitative estimate of drug-likeness (QED) is 0.425. The molecule has 0 aliphatic carbocycles. The minimum absolute atomic E-state index is 0.322. The summed E-state index contributed by atoms with van der Waals surface area (Å²) in [6, 6.07) is 0. The number of hydrogen-bond donors (Lipinski definition) is 0. The summed E-state index contributed by atoms with van der Waals surface area (Å²) in [5.74, 6) is -0.888. The normalized spacial score (nSPS) is 21.5. The number of amides is 1. The molecule has 0 N–H and O–H groups in total. The molecule has 19 heavy (non-hydrogen) atoms. The van der Waals surface area contributed by atoms with Crippen LogP contribution in [-0.4, -0.2) is 57.7 Å². The molecule has 1 amide bonds. The van der Waals surface area contributed by atoms with Crippen molar-refractivity contribution < 1.29 is 28.6 Å². The number of hydrogen-bond acceptors (Lipinski definition) is 6. The van der Waals surface area contributed by atoms with E-state index < -0.39 is 12.1 Å².